The maximum absolute atomic E-state index is 5.76. The Bertz CT molecular complexity index is 346. The zero-order valence-corrected chi connectivity index (χ0v) is 12.9. The van der Waals surface area contributed by atoms with Gasteiger partial charge in [-0.05, 0) is 69.8 Å². The van der Waals surface area contributed by atoms with Crippen molar-refractivity contribution < 1.29 is 4.74 Å². The average molecular weight is 275 g/mol. The summed E-state index contributed by atoms with van der Waals surface area (Å²) in [5, 5.41) is 0. The van der Waals surface area contributed by atoms with Crippen LogP contribution in [0.4, 0.5) is 0 Å². The molecule has 0 bridgehead atoms. The highest BCUT2D eigenvalue weighted by Crippen LogP contribution is 2.15. The molecule has 1 aromatic carbocycles. The zero-order valence-electron chi connectivity index (χ0n) is 12.9. The van der Waals surface area contributed by atoms with Gasteiger partial charge in [0, 0.05) is 0 Å². The molecule has 1 aliphatic rings. The van der Waals surface area contributed by atoms with E-state index in [1.807, 2.05) is 30.3 Å². The van der Waals surface area contributed by atoms with E-state index in [1.165, 1.54) is 51.7 Å². The third kappa shape index (κ3) is 5.96. The molecule has 1 unspecified atom stereocenters. The maximum Gasteiger partial charge on any atom is 0.119 e. The Hall–Kier alpha value is -1.02. The molecule has 0 radical (unpaired) electrons. The van der Waals surface area contributed by atoms with Crippen LogP contribution in [-0.2, 0) is 0 Å². The number of nitrogens with zero attached hydrogens (tertiary/aromatic N) is 1. The smallest absolute Gasteiger partial charge is 0.119 e. The second-order valence-electron chi connectivity index (χ2n) is 6.10. The van der Waals surface area contributed by atoms with Crippen LogP contribution in [0.2, 0.25) is 0 Å². The molecule has 1 atom stereocenters. The van der Waals surface area contributed by atoms with Crippen LogP contribution in [0.15, 0.2) is 30.3 Å². The van der Waals surface area contributed by atoms with Crippen molar-refractivity contribution in [3.63, 3.8) is 0 Å². The van der Waals surface area contributed by atoms with Crippen LogP contribution in [0.25, 0.3) is 0 Å². The van der Waals surface area contributed by atoms with Crippen molar-refractivity contribution in [3.8, 4) is 5.75 Å². The number of hydrogen-bond donors (Lipinski definition) is 0. The van der Waals surface area contributed by atoms with Crippen molar-refractivity contribution in [3.05, 3.63) is 30.3 Å². The van der Waals surface area contributed by atoms with Crippen molar-refractivity contribution >= 4 is 0 Å². The van der Waals surface area contributed by atoms with Gasteiger partial charge in [-0.25, -0.2) is 0 Å². The van der Waals surface area contributed by atoms with Crippen molar-refractivity contribution in [2.24, 2.45) is 5.92 Å². The molecule has 1 saturated heterocycles. The number of rotatable bonds is 8. The quantitative estimate of drug-likeness (QED) is 0.699. The molecule has 1 heterocycles. The van der Waals surface area contributed by atoms with E-state index >= 15 is 0 Å². The lowest BCUT2D eigenvalue weighted by molar-refractivity contribution is 0.216. The van der Waals surface area contributed by atoms with Gasteiger partial charge in [-0.3, -0.25) is 0 Å². The molecule has 112 valence electrons. The summed E-state index contributed by atoms with van der Waals surface area (Å²) in [6, 6.07) is 10.1. The molecule has 2 rings (SSSR count). The maximum atomic E-state index is 5.76. The lowest BCUT2D eigenvalue weighted by Gasteiger charge is -2.26. The molecular weight excluding hydrogens is 246 g/mol. The minimum Gasteiger partial charge on any atom is -0.494 e. The van der Waals surface area contributed by atoms with Crippen LogP contribution < -0.4 is 4.74 Å². The molecule has 0 aromatic heterocycles. The Labute approximate surface area is 124 Å². The number of likely N-dealkylation sites (tertiary alicyclic amines) is 1. The minimum atomic E-state index is 0.767. The van der Waals surface area contributed by atoms with Gasteiger partial charge >= 0.3 is 0 Å². The predicted molar refractivity (Wildman–Crippen MR) is 85.2 cm³/mol. The SMILES string of the molecule is CC(CCCN1CCCCC1)CCOc1ccccc1. The normalized spacial score (nSPS) is 17.9. The number of ether oxygens (including phenoxy) is 1. The number of benzene rings is 1. The van der Waals surface area contributed by atoms with E-state index in [9.17, 15) is 0 Å². The highest BCUT2D eigenvalue weighted by molar-refractivity contribution is 5.20. The first kappa shape index (κ1) is 15.4. The second kappa shape index (κ2) is 9.02. The molecule has 0 saturated carbocycles. The monoisotopic (exact) mass is 275 g/mol. The van der Waals surface area contributed by atoms with Crippen molar-refractivity contribution in [2.75, 3.05) is 26.2 Å². The van der Waals surface area contributed by atoms with Gasteiger partial charge in [-0.15, -0.1) is 0 Å². The third-order valence-corrected chi connectivity index (χ3v) is 4.24. The van der Waals surface area contributed by atoms with E-state index in [4.69, 9.17) is 4.74 Å². The van der Waals surface area contributed by atoms with Crippen LogP contribution in [0.5, 0.6) is 5.75 Å². The van der Waals surface area contributed by atoms with Gasteiger partial charge in [0.2, 0.25) is 0 Å². The van der Waals surface area contributed by atoms with E-state index < -0.39 is 0 Å². The van der Waals surface area contributed by atoms with Crippen LogP contribution in [0.1, 0.15) is 45.4 Å². The Morgan fingerprint density at radius 3 is 2.55 bits per heavy atom. The lowest BCUT2D eigenvalue weighted by Crippen LogP contribution is -2.30. The number of hydrogen-bond acceptors (Lipinski definition) is 2. The Morgan fingerprint density at radius 1 is 1.05 bits per heavy atom. The fraction of sp³-hybridized carbons (Fsp3) is 0.667. The topological polar surface area (TPSA) is 12.5 Å². The molecule has 1 fully saturated rings. The first-order valence-corrected chi connectivity index (χ1v) is 8.25. The summed E-state index contributed by atoms with van der Waals surface area (Å²) < 4.78 is 5.76. The van der Waals surface area contributed by atoms with E-state index in [0.717, 1.165) is 24.7 Å². The van der Waals surface area contributed by atoms with E-state index in [2.05, 4.69) is 11.8 Å². The first-order chi connectivity index (χ1) is 9.84. The fourth-order valence-electron chi connectivity index (χ4n) is 2.89. The molecule has 0 N–H and O–H groups in total. The molecule has 0 spiro atoms. The summed E-state index contributed by atoms with van der Waals surface area (Å²) >= 11 is 0. The Balaban J connectivity index is 1.50. The highest BCUT2D eigenvalue weighted by Gasteiger charge is 2.10. The van der Waals surface area contributed by atoms with Gasteiger partial charge in [0.15, 0.2) is 0 Å². The lowest BCUT2D eigenvalue weighted by atomic mass is 10.0. The van der Waals surface area contributed by atoms with Crippen LogP contribution in [0, 0.1) is 5.92 Å². The first-order valence-electron chi connectivity index (χ1n) is 8.25. The highest BCUT2D eigenvalue weighted by atomic mass is 16.5. The summed E-state index contributed by atoms with van der Waals surface area (Å²) in [5.41, 5.74) is 0. The number of piperidine rings is 1. The summed E-state index contributed by atoms with van der Waals surface area (Å²) in [7, 11) is 0. The molecular formula is C18H29NO. The average Bonchev–Trinajstić information content (AvgIpc) is 2.49. The zero-order chi connectivity index (χ0) is 14.0. The second-order valence-corrected chi connectivity index (χ2v) is 6.10. The van der Waals surface area contributed by atoms with Crippen molar-refractivity contribution in [1.29, 1.82) is 0 Å². The van der Waals surface area contributed by atoms with Crippen molar-refractivity contribution in [1.82, 2.24) is 4.90 Å². The van der Waals surface area contributed by atoms with Gasteiger partial charge in [-0.1, -0.05) is 31.5 Å². The van der Waals surface area contributed by atoms with E-state index in [1.54, 1.807) is 0 Å². The molecule has 2 nitrogen and oxygen atoms in total. The molecule has 0 aliphatic carbocycles. The molecule has 2 heteroatoms. The molecule has 1 aromatic rings. The van der Waals surface area contributed by atoms with E-state index in [-0.39, 0.29) is 0 Å². The third-order valence-electron chi connectivity index (χ3n) is 4.24. The summed E-state index contributed by atoms with van der Waals surface area (Å²) in [5.74, 6) is 1.76. The van der Waals surface area contributed by atoms with Gasteiger partial charge in [-0.2, -0.15) is 0 Å². The van der Waals surface area contributed by atoms with Crippen LogP contribution in [0.3, 0.4) is 0 Å². The molecule has 0 amide bonds. The van der Waals surface area contributed by atoms with Crippen LogP contribution in [-0.4, -0.2) is 31.1 Å². The molecule has 1 aliphatic heterocycles. The summed E-state index contributed by atoms with van der Waals surface area (Å²) in [6.45, 7) is 7.14. The van der Waals surface area contributed by atoms with E-state index in [0.29, 0.717) is 0 Å². The molecule has 20 heavy (non-hydrogen) atoms. The minimum absolute atomic E-state index is 0.767. The summed E-state index contributed by atoms with van der Waals surface area (Å²) in [4.78, 5) is 2.64. The Kier molecular flexibility index (Phi) is 6.93. The van der Waals surface area contributed by atoms with Gasteiger partial charge < -0.3 is 9.64 Å². The van der Waals surface area contributed by atoms with Crippen LogP contribution >= 0.6 is 0 Å². The predicted octanol–water partition coefficient (Wildman–Crippen LogP) is 4.36. The summed E-state index contributed by atoms with van der Waals surface area (Å²) in [6.07, 6.45) is 8.07. The van der Waals surface area contributed by atoms with Gasteiger partial charge in [0.1, 0.15) is 5.75 Å². The largest absolute Gasteiger partial charge is 0.494 e. The van der Waals surface area contributed by atoms with Crippen molar-refractivity contribution in [2.45, 2.75) is 45.4 Å². The van der Waals surface area contributed by atoms with Gasteiger partial charge in [0.25, 0.3) is 0 Å². The van der Waals surface area contributed by atoms with Gasteiger partial charge in [0.05, 0.1) is 6.61 Å². The Morgan fingerprint density at radius 2 is 1.80 bits per heavy atom. The number of para-hydroxylation sites is 1. The fourth-order valence-corrected chi connectivity index (χ4v) is 2.89. The standard InChI is InChI=1S/C18H29NO/c1-17(9-8-15-19-13-6-3-7-14-19)12-16-20-18-10-4-2-5-11-18/h2,4-5,10-11,17H,3,6-9,12-16H2,1H3.